The van der Waals surface area contributed by atoms with Gasteiger partial charge in [-0.15, -0.1) is 0 Å². The highest BCUT2D eigenvalue weighted by molar-refractivity contribution is 5.79. The summed E-state index contributed by atoms with van der Waals surface area (Å²) in [6, 6.07) is 18.7. The van der Waals surface area contributed by atoms with Crippen molar-refractivity contribution in [2.45, 2.75) is 26.2 Å². The zero-order chi connectivity index (χ0) is 16.8. The second kappa shape index (κ2) is 7.73. The van der Waals surface area contributed by atoms with E-state index in [-0.39, 0.29) is 0 Å². The van der Waals surface area contributed by atoms with Crippen LogP contribution in [0, 0.1) is 0 Å². The third-order valence-corrected chi connectivity index (χ3v) is 4.07. The van der Waals surface area contributed by atoms with Gasteiger partial charge in [0.15, 0.2) is 5.82 Å². The smallest absolute Gasteiger partial charge is 0.151 e. The molecule has 1 heterocycles. The number of aryl methyl sites for hydroxylation is 2. The van der Waals surface area contributed by atoms with Crippen LogP contribution in [-0.2, 0) is 13.5 Å². The minimum Gasteiger partial charge on any atom is -0.333 e. The van der Waals surface area contributed by atoms with Crippen molar-refractivity contribution in [3.8, 4) is 11.3 Å². The van der Waals surface area contributed by atoms with E-state index in [1.165, 1.54) is 18.4 Å². The minimum absolute atomic E-state index is 0.851. The summed E-state index contributed by atoms with van der Waals surface area (Å²) in [4.78, 5) is 9.22. The van der Waals surface area contributed by atoms with Crippen molar-refractivity contribution in [1.82, 2.24) is 9.55 Å². The molecule has 0 saturated carbocycles. The van der Waals surface area contributed by atoms with Gasteiger partial charge in [-0.25, -0.2) is 4.98 Å². The van der Waals surface area contributed by atoms with Crippen molar-refractivity contribution in [1.29, 1.82) is 0 Å². The van der Waals surface area contributed by atoms with Crippen LogP contribution in [0.15, 0.2) is 65.8 Å². The van der Waals surface area contributed by atoms with Gasteiger partial charge in [0.2, 0.25) is 0 Å². The predicted octanol–water partition coefficient (Wildman–Crippen LogP) is 5.18. The molecular weight excluding hydrogens is 294 g/mol. The molecule has 3 heteroatoms. The highest BCUT2D eigenvalue weighted by atomic mass is 15.1. The summed E-state index contributed by atoms with van der Waals surface area (Å²) in [6.45, 7) is 2.22. The maximum Gasteiger partial charge on any atom is 0.151 e. The first-order valence-corrected chi connectivity index (χ1v) is 8.48. The van der Waals surface area contributed by atoms with E-state index in [9.17, 15) is 0 Å². The van der Waals surface area contributed by atoms with E-state index in [4.69, 9.17) is 0 Å². The number of aromatic nitrogens is 2. The number of hydrogen-bond acceptors (Lipinski definition) is 2. The number of benzene rings is 2. The molecule has 0 N–H and O–H groups in total. The summed E-state index contributed by atoms with van der Waals surface area (Å²) in [5, 5.41) is 0. The summed E-state index contributed by atoms with van der Waals surface area (Å²) < 4.78 is 2.00. The molecule has 3 aromatic rings. The molecule has 2 aromatic carbocycles. The van der Waals surface area contributed by atoms with Crippen LogP contribution < -0.4 is 0 Å². The Morgan fingerprint density at radius 3 is 2.50 bits per heavy atom. The lowest BCUT2D eigenvalue weighted by atomic mass is 10.1. The van der Waals surface area contributed by atoms with Gasteiger partial charge in [0.1, 0.15) is 0 Å². The number of aliphatic imine (C=N–C) groups is 1. The summed E-state index contributed by atoms with van der Waals surface area (Å²) in [7, 11) is 1.99. The lowest BCUT2D eigenvalue weighted by Crippen LogP contribution is -1.94. The molecule has 0 radical (unpaired) electrons. The Morgan fingerprint density at radius 1 is 1.04 bits per heavy atom. The molecule has 0 amide bonds. The van der Waals surface area contributed by atoms with E-state index in [0.29, 0.717) is 0 Å². The average Bonchev–Trinajstić information content (AvgIpc) is 3.01. The van der Waals surface area contributed by atoms with Gasteiger partial charge in [0.05, 0.1) is 17.6 Å². The summed E-state index contributed by atoms with van der Waals surface area (Å²) in [6.07, 6.45) is 7.46. The first-order chi connectivity index (χ1) is 11.8. The van der Waals surface area contributed by atoms with Crippen LogP contribution in [0.3, 0.4) is 0 Å². The van der Waals surface area contributed by atoms with Gasteiger partial charge >= 0.3 is 0 Å². The number of unbranched alkanes of at least 4 members (excludes halogenated alkanes) is 1. The molecule has 0 spiro atoms. The zero-order valence-corrected chi connectivity index (χ0v) is 14.3. The molecule has 0 saturated heterocycles. The molecule has 0 aliphatic rings. The van der Waals surface area contributed by atoms with Crippen LogP contribution >= 0.6 is 0 Å². The molecule has 1 aromatic heterocycles. The third-order valence-electron chi connectivity index (χ3n) is 4.07. The fourth-order valence-electron chi connectivity index (χ4n) is 2.61. The van der Waals surface area contributed by atoms with Crippen LogP contribution in [0.1, 0.15) is 31.2 Å². The van der Waals surface area contributed by atoms with Gasteiger partial charge < -0.3 is 4.57 Å². The Morgan fingerprint density at radius 2 is 1.79 bits per heavy atom. The highest BCUT2D eigenvalue weighted by Gasteiger charge is 2.05. The Kier molecular flexibility index (Phi) is 5.22. The number of imidazole rings is 1. The largest absolute Gasteiger partial charge is 0.333 e. The normalized spacial score (nSPS) is 11.2. The van der Waals surface area contributed by atoms with Crippen molar-refractivity contribution in [3.05, 3.63) is 72.2 Å². The molecule has 0 unspecified atom stereocenters. The summed E-state index contributed by atoms with van der Waals surface area (Å²) >= 11 is 0. The Bertz CT molecular complexity index is 799. The van der Waals surface area contributed by atoms with E-state index in [0.717, 1.165) is 29.2 Å². The van der Waals surface area contributed by atoms with Gasteiger partial charge in [-0.05, 0) is 30.5 Å². The van der Waals surface area contributed by atoms with Gasteiger partial charge in [-0.3, -0.25) is 4.99 Å². The van der Waals surface area contributed by atoms with Crippen LogP contribution in [0.5, 0.6) is 0 Å². The molecule has 0 aliphatic carbocycles. The Balaban J connectivity index is 1.74. The number of nitrogens with zero attached hydrogens (tertiary/aromatic N) is 3. The SMILES string of the molecule is CCCCc1ccc(/N=C/c2nc(-c3ccccc3)cn2C)cc1. The first-order valence-electron chi connectivity index (χ1n) is 8.48. The number of rotatable bonds is 6. The van der Waals surface area contributed by atoms with E-state index >= 15 is 0 Å². The van der Waals surface area contributed by atoms with Crippen LogP contribution in [0.2, 0.25) is 0 Å². The standard InChI is InChI=1S/C21H23N3/c1-3-4-8-17-11-13-19(14-12-17)22-15-21-23-20(16-24(21)2)18-9-6-5-7-10-18/h5-7,9-16H,3-4,8H2,1-2H3/b22-15+. The zero-order valence-electron chi connectivity index (χ0n) is 14.3. The predicted molar refractivity (Wildman–Crippen MR) is 101 cm³/mol. The molecular formula is C21H23N3. The highest BCUT2D eigenvalue weighted by Crippen LogP contribution is 2.18. The van der Waals surface area contributed by atoms with E-state index in [1.807, 2.05) is 42.2 Å². The van der Waals surface area contributed by atoms with E-state index < -0.39 is 0 Å². The van der Waals surface area contributed by atoms with Gasteiger partial charge in [-0.2, -0.15) is 0 Å². The summed E-state index contributed by atoms with van der Waals surface area (Å²) in [5.74, 6) is 0.851. The second-order valence-electron chi connectivity index (χ2n) is 5.99. The number of hydrogen-bond donors (Lipinski definition) is 0. The van der Waals surface area contributed by atoms with E-state index in [2.05, 4.69) is 53.3 Å². The third kappa shape index (κ3) is 3.99. The summed E-state index contributed by atoms with van der Waals surface area (Å²) in [5.41, 5.74) is 4.42. The molecule has 0 bridgehead atoms. The molecule has 3 rings (SSSR count). The molecule has 122 valence electrons. The van der Waals surface area contributed by atoms with Crippen molar-refractivity contribution in [2.75, 3.05) is 0 Å². The van der Waals surface area contributed by atoms with Gasteiger partial charge in [-0.1, -0.05) is 55.8 Å². The van der Waals surface area contributed by atoms with Crippen molar-refractivity contribution in [2.24, 2.45) is 12.0 Å². The maximum absolute atomic E-state index is 4.67. The lowest BCUT2D eigenvalue weighted by Gasteiger charge is -2.00. The van der Waals surface area contributed by atoms with Gasteiger partial charge in [0, 0.05) is 18.8 Å². The quantitative estimate of drug-likeness (QED) is 0.576. The average molecular weight is 317 g/mol. The van der Waals surface area contributed by atoms with Crippen molar-refractivity contribution >= 4 is 11.9 Å². The van der Waals surface area contributed by atoms with Gasteiger partial charge in [0.25, 0.3) is 0 Å². The molecule has 0 aliphatic heterocycles. The van der Waals surface area contributed by atoms with E-state index in [1.54, 1.807) is 0 Å². The van der Waals surface area contributed by atoms with Crippen molar-refractivity contribution in [3.63, 3.8) is 0 Å². The molecule has 3 nitrogen and oxygen atoms in total. The topological polar surface area (TPSA) is 30.2 Å². The van der Waals surface area contributed by atoms with Crippen molar-refractivity contribution < 1.29 is 0 Å². The Hall–Kier alpha value is -2.68. The molecule has 0 atom stereocenters. The fourth-order valence-corrected chi connectivity index (χ4v) is 2.61. The van der Waals surface area contributed by atoms with Crippen LogP contribution in [0.4, 0.5) is 5.69 Å². The monoisotopic (exact) mass is 317 g/mol. The molecule has 0 fully saturated rings. The maximum atomic E-state index is 4.67. The Labute approximate surface area is 143 Å². The minimum atomic E-state index is 0.851. The fraction of sp³-hybridized carbons (Fsp3) is 0.238. The second-order valence-corrected chi connectivity index (χ2v) is 5.99. The molecule has 24 heavy (non-hydrogen) atoms. The lowest BCUT2D eigenvalue weighted by molar-refractivity contribution is 0.795. The van der Waals surface area contributed by atoms with Crippen LogP contribution in [0.25, 0.3) is 11.3 Å². The van der Waals surface area contributed by atoms with Crippen LogP contribution in [-0.4, -0.2) is 15.8 Å². The first kappa shape index (κ1) is 16.2.